The third-order valence-electron chi connectivity index (χ3n) is 4.91. The molecular weight excluding hydrogens is 400 g/mol. The summed E-state index contributed by atoms with van der Waals surface area (Å²) in [7, 11) is 0. The highest BCUT2D eigenvalue weighted by molar-refractivity contribution is 7.99. The lowest BCUT2D eigenvalue weighted by molar-refractivity contribution is -0.119. The first kappa shape index (κ1) is 19.5. The minimum absolute atomic E-state index is 0.00651. The summed E-state index contributed by atoms with van der Waals surface area (Å²) >= 11 is 7.08. The molecule has 7 nitrogen and oxygen atoms in total. The molecule has 4 rings (SSSR count). The Morgan fingerprint density at radius 1 is 1.21 bits per heavy atom. The number of piperidine rings is 1. The second kappa shape index (κ2) is 9.15. The Hall–Kier alpha value is -1.77. The molecular formula is C19H23ClN4O3S. The van der Waals surface area contributed by atoms with Gasteiger partial charge in [0.15, 0.2) is 6.61 Å². The highest BCUT2D eigenvalue weighted by atomic mass is 35.5. The largest absolute Gasteiger partial charge is 0.484 e. The predicted molar refractivity (Wildman–Crippen MR) is 107 cm³/mol. The van der Waals surface area contributed by atoms with Crippen molar-refractivity contribution < 1.29 is 13.9 Å². The molecule has 9 heteroatoms. The van der Waals surface area contributed by atoms with Crippen LogP contribution in [0.2, 0.25) is 5.02 Å². The van der Waals surface area contributed by atoms with Gasteiger partial charge in [-0.05, 0) is 49.9 Å². The van der Waals surface area contributed by atoms with Gasteiger partial charge in [-0.15, -0.1) is 10.2 Å². The lowest BCUT2D eigenvalue weighted by atomic mass is 10.1. The third kappa shape index (κ3) is 5.62. The van der Waals surface area contributed by atoms with Gasteiger partial charge in [-0.1, -0.05) is 23.4 Å². The first-order valence-corrected chi connectivity index (χ1v) is 10.9. The molecule has 1 saturated heterocycles. The molecule has 2 fully saturated rings. The number of carbonyl (C=O) groups is 1. The topological polar surface area (TPSA) is 80.5 Å². The minimum Gasteiger partial charge on any atom is -0.484 e. The molecule has 1 aromatic heterocycles. The van der Waals surface area contributed by atoms with E-state index in [-0.39, 0.29) is 24.3 Å². The second-order valence-corrected chi connectivity index (χ2v) is 8.46. The van der Waals surface area contributed by atoms with Crippen molar-refractivity contribution >= 4 is 29.3 Å². The number of carbonyl (C=O) groups excluding carboxylic acids is 1. The van der Waals surface area contributed by atoms with Crippen LogP contribution in [0.5, 0.6) is 5.75 Å². The quantitative estimate of drug-likeness (QED) is 0.654. The Morgan fingerprint density at radius 2 is 1.96 bits per heavy atom. The summed E-state index contributed by atoms with van der Waals surface area (Å²) < 4.78 is 11.1. The normalized spacial score (nSPS) is 18.2. The Morgan fingerprint density at radius 3 is 2.68 bits per heavy atom. The maximum atomic E-state index is 12.2. The van der Waals surface area contributed by atoms with Crippen molar-refractivity contribution in [1.82, 2.24) is 20.4 Å². The molecule has 1 aliphatic carbocycles. The average molecular weight is 423 g/mol. The van der Waals surface area contributed by atoms with E-state index < -0.39 is 0 Å². The molecule has 2 heterocycles. The van der Waals surface area contributed by atoms with E-state index in [1.165, 1.54) is 24.6 Å². The van der Waals surface area contributed by atoms with Crippen molar-refractivity contribution in [1.29, 1.82) is 0 Å². The van der Waals surface area contributed by atoms with Crippen LogP contribution in [0.25, 0.3) is 0 Å². The van der Waals surface area contributed by atoms with Gasteiger partial charge >= 0.3 is 0 Å². The molecule has 28 heavy (non-hydrogen) atoms. The van der Waals surface area contributed by atoms with Crippen molar-refractivity contribution in [3.8, 4) is 5.75 Å². The molecule has 0 bridgehead atoms. The van der Waals surface area contributed by atoms with Crippen LogP contribution >= 0.6 is 23.4 Å². The SMILES string of the molecule is O=C(CSc1nnc(COc2ccc(Cl)cc2)o1)NC1CCN(C2CC2)CC1. The number of hydrogen-bond donors (Lipinski definition) is 1. The van der Waals surface area contributed by atoms with Gasteiger partial charge in [0.1, 0.15) is 5.75 Å². The number of ether oxygens (including phenoxy) is 1. The summed E-state index contributed by atoms with van der Waals surface area (Å²) in [6.45, 7) is 2.34. The van der Waals surface area contributed by atoms with Crippen LogP contribution in [0, 0.1) is 0 Å². The molecule has 0 radical (unpaired) electrons. The highest BCUT2D eigenvalue weighted by Crippen LogP contribution is 2.29. The summed E-state index contributed by atoms with van der Waals surface area (Å²) in [4.78, 5) is 14.7. The number of aromatic nitrogens is 2. The predicted octanol–water partition coefficient (Wildman–Crippen LogP) is 3.14. The lowest BCUT2D eigenvalue weighted by Crippen LogP contribution is -2.45. The Balaban J connectivity index is 1.15. The standard InChI is InChI=1S/C19H23ClN4O3S/c20-13-1-5-16(6-2-13)26-11-18-22-23-19(27-18)28-12-17(25)21-14-7-9-24(10-8-14)15-3-4-15/h1-2,5-6,14-15H,3-4,7-12H2,(H,21,25). The van der Waals surface area contributed by atoms with Gasteiger partial charge in [-0.3, -0.25) is 4.79 Å². The Kier molecular flexibility index (Phi) is 6.39. The lowest BCUT2D eigenvalue weighted by Gasteiger charge is -2.32. The number of likely N-dealkylation sites (tertiary alicyclic amines) is 1. The fraction of sp³-hybridized carbons (Fsp3) is 0.526. The average Bonchev–Trinajstić information content (AvgIpc) is 3.45. The minimum atomic E-state index is 0.00651. The smallest absolute Gasteiger partial charge is 0.277 e. The number of hydrogen-bond acceptors (Lipinski definition) is 7. The number of nitrogens with zero attached hydrogens (tertiary/aromatic N) is 3. The molecule has 0 atom stereocenters. The van der Waals surface area contributed by atoms with Gasteiger partial charge in [-0.25, -0.2) is 0 Å². The molecule has 1 aliphatic heterocycles. The zero-order valence-electron chi connectivity index (χ0n) is 15.5. The maximum absolute atomic E-state index is 12.2. The Bertz CT molecular complexity index is 789. The second-order valence-electron chi connectivity index (χ2n) is 7.10. The van der Waals surface area contributed by atoms with Crippen LogP contribution in [-0.4, -0.2) is 51.9 Å². The van der Waals surface area contributed by atoms with Gasteiger partial charge in [0.2, 0.25) is 5.91 Å². The van der Waals surface area contributed by atoms with E-state index in [9.17, 15) is 4.79 Å². The van der Waals surface area contributed by atoms with Crippen LogP contribution in [0.3, 0.4) is 0 Å². The first-order valence-electron chi connectivity index (χ1n) is 9.52. The monoisotopic (exact) mass is 422 g/mol. The number of nitrogens with one attached hydrogen (secondary N) is 1. The molecule has 150 valence electrons. The van der Waals surface area contributed by atoms with E-state index in [0.29, 0.717) is 21.9 Å². The zero-order chi connectivity index (χ0) is 19.3. The fourth-order valence-corrected chi connectivity index (χ4v) is 3.99. The van der Waals surface area contributed by atoms with E-state index in [4.69, 9.17) is 20.8 Å². The van der Waals surface area contributed by atoms with Crippen LogP contribution in [0.4, 0.5) is 0 Å². The molecule has 1 aromatic carbocycles. The first-order chi connectivity index (χ1) is 13.7. The molecule has 1 N–H and O–H groups in total. The van der Waals surface area contributed by atoms with Crippen molar-refractivity contribution in [2.75, 3.05) is 18.8 Å². The Labute approximate surface area is 173 Å². The van der Waals surface area contributed by atoms with Gasteiger partial charge in [-0.2, -0.15) is 0 Å². The van der Waals surface area contributed by atoms with E-state index >= 15 is 0 Å². The molecule has 0 unspecified atom stereocenters. The van der Waals surface area contributed by atoms with Crippen LogP contribution in [0.1, 0.15) is 31.6 Å². The third-order valence-corrected chi connectivity index (χ3v) is 5.98. The van der Waals surface area contributed by atoms with Crippen molar-refractivity contribution in [2.45, 2.75) is 49.6 Å². The number of amides is 1. The molecule has 0 spiro atoms. The van der Waals surface area contributed by atoms with Crippen LogP contribution in [-0.2, 0) is 11.4 Å². The van der Waals surface area contributed by atoms with Gasteiger partial charge in [0.25, 0.3) is 11.1 Å². The number of rotatable bonds is 8. The number of thioether (sulfide) groups is 1. The van der Waals surface area contributed by atoms with Crippen molar-refractivity contribution in [3.05, 3.63) is 35.2 Å². The van der Waals surface area contributed by atoms with Crippen molar-refractivity contribution in [2.24, 2.45) is 0 Å². The molecule has 1 saturated carbocycles. The van der Waals surface area contributed by atoms with Gasteiger partial charge < -0.3 is 19.4 Å². The van der Waals surface area contributed by atoms with E-state index in [2.05, 4.69) is 20.4 Å². The summed E-state index contributed by atoms with van der Waals surface area (Å²) in [6, 6.07) is 8.12. The van der Waals surface area contributed by atoms with Gasteiger partial charge in [0, 0.05) is 30.2 Å². The van der Waals surface area contributed by atoms with Gasteiger partial charge in [0.05, 0.1) is 5.75 Å². The van der Waals surface area contributed by atoms with Crippen LogP contribution < -0.4 is 10.1 Å². The maximum Gasteiger partial charge on any atom is 0.277 e. The fourth-order valence-electron chi connectivity index (χ4n) is 3.28. The summed E-state index contributed by atoms with van der Waals surface area (Å²) in [6.07, 6.45) is 4.73. The van der Waals surface area contributed by atoms with E-state index in [1.54, 1.807) is 24.3 Å². The summed E-state index contributed by atoms with van der Waals surface area (Å²) in [5.74, 6) is 1.31. The highest BCUT2D eigenvalue weighted by Gasteiger charge is 2.32. The molecule has 1 amide bonds. The number of halogens is 1. The summed E-state index contributed by atoms with van der Waals surface area (Å²) in [5.41, 5.74) is 0. The van der Waals surface area contributed by atoms with Crippen molar-refractivity contribution in [3.63, 3.8) is 0 Å². The number of benzene rings is 1. The molecule has 2 aliphatic rings. The zero-order valence-corrected chi connectivity index (χ0v) is 17.0. The van der Waals surface area contributed by atoms with E-state index in [0.717, 1.165) is 32.0 Å². The van der Waals surface area contributed by atoms with Crippen LogP contribution in [0.15, 0.2) is 33.9 Å². The summed E-state index contributed by atoms with van der Waals surface area (Å²) in [5, 5.41) is 12.0. The molecule has 2 aromatic rings. The van der Waals surface area contributed by atoms with E-state index in [1.807, 2.05) is 0 Å².